The first-order valence-electron chi connectivity index (χ1n) is 7.17. The standard InChI is InChI=1S/C15H20F2N2O2/c1-11-3-2-7-19(10-11)15(20)18-6-8-21-12-4-5-13(16)14(17)9-12/h4-5,9,11H,2-3,6-8,10H2,1H3,(H,18,20). The molecule has 0 radical (unpaired) electrons. The number of hydrogen-bond donors (Lipinski definition) is 1. The lowest BCUT2D eigenvalue weighted by molar-refractivity contribution is 0.167. The summed E-state index contributed by atoms with van der Waals surface area (Å²) in [4.78, 5) is 13.7. The minimum atomic E-state index is -0.946. The van der Waals surface area contributed by atoms with Gasteiger partial charge in [-0.2, -0.15) is 0 Å². The summed E-state index contributed by atoms with van der Waals surface area (Å²) in [6, 6.07) is 3.25. The first-order chi connectivity index (χ1) is 10.1. The second-order valence-electron chi connectivity index (χ2n) is 5.35. The van der Waals surface area contributed by atoms with Gasteiger partial charge in [-0.05, 0) is 30.9 Å². The number of urea groups is 1. The van der Waals surface area contributed by atoms with Crippen LogP contribution in [0.2, 0.25) is 0 Å². The van der Waals surface area contributed by atoms with Gasteiger partial charge in [-0.3, -0.25) is 0 Å². The predicted octanol–water partition coefficient (Wildman–Crippen LogP) is 2.79. The number of benzene rings is 1. The number of rotatable bonds is 4. The molecule has 1 N–H and O–H groups in total. The molecule has 0 aromatic heterocycles. The van der Waals surface area contributed by atoms with Crippen LogP contribution in [0.15, 0.2) is 18.2 Å². The van der Waals surface area contributed by atoms with Gasteiger partial charge in [0.05, 0.1) is 6.54 Å². The number of hydrogen-bond acceptors (Lipinski definition) is 2. The van der Waals surface area contributed by atoms with Crippen molar-refractivity contribution in [3.63, 3.8) is 0 Å². The third-order valence-electron chi connectivity index (χ3n) is 3.48. The Bertz CT molecular complexity index is 497. The van der Waals surface area contributed by atoms with E-state index in [9.17, 15) is 13.6 Å². The predicted molar refractivity (Wildman–Crippen MR) is 75.2 cm³/mol. The van der Waals surface area contributed by atoms with Crippen LogP contribution >= 0.6 is 0 Å². The van der Waals surface area contributed by atoms with E-state index in [2.05, 4.69) is 12.2 Å². The number of nitrogens with one attached hydrogen (secondary N) is 1. The lowest BCUT2D eigenvalue weighted by atomic mass is 10.0. The summed E-state index contributed by atoms with van der Waals surface area (Å²) in [5.74, 6) is -1.08. The van der Waals surface area contributed by atoms with Crippen molar-refractivity contribution in [2.45, 2.75) is 19.8 Å². The molecule has 1 heterocycles. The molecule has 1 atom stereocenters. The SMILES string of the molecule is CC1CCCN(C(=O)NCCOc2ccc(F)c(F)c2)C1. The van der Waals surface area contributed by atoms with Gasteiger partial charge in [0, 0.05) is 19.2 Å². The van der Waals surface area contributed by atoms with E-state index in [1.165, 1.54) is 6.07 Å². The maximum Gasteiger partial charge on any atom is 0.317 e. The highest BCUT2D eigenvalue weighted by atomic mass is 19.2. The Hall–Kier alpha value is -1.85. The van der Waals surface area contributed by atoms with Crippen molar-refractivity contribution >= 4 is 6.03 Å². The third-order valence-corrected chi connectivity index (χ3v) is 3.48. The summed E-state index contributed by atoms with van der Waals surface area (Å²) in [5.41, 5.74) is 0. The smallest absolute Gasteiger partial charge is 0.317 e. The van der Waals surface area contributed by atoms with Crippen molar-refractivity contribution in [2.24, 2.45) is 5.92 Å². The number of halogens is 2. The Morgan fingerprint density at radius 3 is 2.95 bits per heavy atom. The first kappa shape index (κ1) is 15.5. The molecule has 1 unspecified atom stereocenters. The van der Waals surface area contributed by atoms with E-state index in [0.29, 0.717) is 12.5 Å². The number of carbonyl (C=O) groups excluding carboxylic acids is 1. The molecule has 1 aliphatic heterocycles. The Labute approximate surface area is 123 Å². The fourth-order valence-electron chi connectivity index (χ4n) is 2.38. The summed E-state index contributed by atoms with van der Waals surface area (Å²) in [7, 11) is 0. The number of likely N-dealkylation sites (tertiary alicyclic amines) is 1. The topological polar surface area (TPSA) is 41.6 Å². The molecule has 4 nitrogen and oxygen atoms in total. The van der Waals surface area contributed by atoms with Crippen LogP contribution in [0.1, 0.15) is 19.8 Å². The number of piperidine rings is 1. The highest BCUT2D eigenvalue weighted by molar-refractivity contribution is 5.74. The van der Waals surface area contributed by atoms with E-state index in [4.69, 9.17) is 4.74 Å². The molecule has 2 amide bonds. The normalized spacial score (nSPS) is 18.4. The van der Waals surface area contributed by atoms with Crippen LogP contribution in [-0.4, -0.2) is 37.2 Å². The van der Waals surface area contributed by atoms with Gasteiger partial charge in [0.1, 0.15) is 12.4 Å². The fraction of sp³-hybridized carbons (Fsp3) is 0.533. The molecular weight excluding hydrogens is 278 g/mol. The molecule has 0 bridgehead atoms. The monoisotopic (exact) mass is 298 g/mol. The minimum absolute atomic E-state index is 0.101. The number of carbonyl (C=O) groups is 1. The summed E-state index contributed by atoms with van der Waals surface area (Å²) in [5, 5.41) is 2.76. The van der Waals surface area contributed by atoms with Gasteiger partial charge in [0.25, 0.3) is 0 Å². The molecule has 2 rings (SSSR count). The Kier molecular flexibility index (Phi) is 5.36. The molecule has 21 heavy (non-hydrogen) atoms. The molecule has 0 aliphatic carbocycles. The highest BCUT2D eigenvalue weighted by Crippen LogP contribution is 2.16. The van der Waals surface area contributed by atoms with Crippen LogP contribution in [0.3, 0.4) is 0 Å². The summed E-state index contributed by atoms with van der Waals surface area (Å²) in [6.45, 7) is 4.21. The Balaban J connectivity index is 1.69. The van der Waals surface area contributed by atoms with Crippen molar-refractivity contribution in [3.05, 3.63) is 29.8 Å². The second kappa shape index (κ2) is 7.24. The Morgan fingerprint density at radius 2 is 2.24 bits per heavy atom. The molecule has 1 fully saturated rings. The quantitative estimate of drug-likeness (QED) is 0.869. The summed E-state index contributed by atoms with van der Waals surface area (Å²) in [6.07, 6.45) is 2.18. The first-order valence-corrected chi connectivity index (χ1v) is 7.17. The molecular formula is C15H20F2N2O2. The number of ether oxygens (including phenoxy) is 1. The molecule has 6 heteroatoms. The van der Waals surface area contributed by atoms with Crippen molar-refractivity contribution in [2.75, 3.05) is 26.2 Å². The van der Waals surface area contributed by atoms with Gasteiger partial charge in [0.2, 0.25) is 0 Å². The van der Waals surface area contributed by atoms with Crippen molar-refractivity contribution in [3.8, 4) is 5.75 Å². The van der Waals surface area contributed by atoms with E-state index in [0.717, 1.165) is 38.1 Å². The van der Waals surface area contributed by atoms with Crippen LogP contribution in [0.5, 0.6) is 5.75 Å². The Morgan fingerprint density at radius 1 is 1.43 bits per heavy atom. The second-order valence-corrected chi connectivity index (χ2v) is 5.35. The van der Waals surface area contributed by atoms with Gasteiger partial charge in [-0.25, -0.2) is 13.6 Å². The summed E-state index contributed by atoms with van der Waals surface area (Å²) < 4.78 is 31.0. The number of nitrogens with zero attached hydrogens (tertiary/aromatic N) is 1. The molecule has 1 saturated heterocycles. The van der Waals surface area contributed by atoms with Crippen LogP contribution < -0.4 is 10.1 Å². The van der Waals surface area contributed by atoms with Crippen LogP contribution in [0.4, 0.5) is 13.6 Å². The van der Waals surface area contributed by atoms with Crippen LogP contribution in [0.25, 0.3) is 0 Å². The lowest BCUT2D eigenvalue weighted by Crippen LogP contribution is -2.45. The molecule has 0 spiro atoms. The zero-order chi connectivity index (χ0) is 15.2. The number of amides is 2. The molecule has 116 valence electrons. The van der Waals surface area contributed by atoms with Gasteiger partial charge < -0.3 is 15.0 Å². The van der Waals surface area contributed by atoms with Gasteiger partial charge in [-0.1, -0.05) is 6.92 Å². The van der Waals surface area contributed by atoms with E-state index in [1.54, 1.807) is 4.90 Å². The average Bonchev–Trinajstić information content (AvgIpc) is 2.47. The average molecular weight is 298 g/mol. The molecule has 1 aliphatic rings. The molecule has 1 aromatic carbocycles. The van der Waals surface area contributed by atoms with Crippen LogP contribution in [-0.2, 0) is 0 Å². The van der Waals surface area contributed by atoms with E-state index < -0.39 is 11.6 Å². The van der Waals surface area contributed by atoms with E-state index >= 15 is 0 Å². The van der Waals surface area contributed by atoms with Gasteiger partial charge in [-0.15, -0.1) is 0 Å². The van der Waals surface area contributed by atoms with Crippen molar-refractivity contribution < 1.29 is 18.3 Å². The molecule has 1 aromatic rings. The lowest BCUT2D eigenvalue weighted by Gasteiger charge is -2.30. The van der Waals surface area contributed by atoms with Crippen molar-refractivity contribution in [1.82, 2.24) is 10.2 Å². The van der Waals surface area contributed by atoms with Crippen LogP contribution in [0, 0.1) is 17.6 Å². The van der Waals surface area contributed by atoms with E-state index in [1.807, 2.05) is 0 Å². The molecule has 0 saturated carbocycles. The summed E-state index contributed by atoms with van der Waals surface area (Å²) >= 11 is 0. The van der Waals surface area contributed by atoms with E-state index in [-0.39, 0.29) is 18.4 Å². The third kappa shape index (κ3) is 4.58. The van der Waals surface area contributed by atoms with Crippen molar-refractivity contribution in [1.29, 1.82) is 0 Å². The minimum Gasteiger partial charge on any atom is -0.492 e. The van der Waals surface area contributed by atoms with Gasteiger partial charge in [0.15, 0.2) is 11.6 Å². The maximum absolute atomic E-state index is 13.0. The maximum atomic E-state index is 13.0. The largest absolute Gasteiger partial charge is 0.492 e. The highest BCUT2D eigenvalue weighted by Gasteiger charge is 2.20. The fourth-order valence-corrected chi connectivity index (χ4v) is 2.38. The zero-order valence-corrected chi connectivity index (χ0v) is 12.1. The van der Waals surface area contributed by atoms with Gasteiger partial charge >= 0.3 is 6.03 Å². The zero-order valence-electron chi connectivity index (χ0n) is 12.1.